The van der Waals surface area contributed by atoms with Gasteiger partial charge in [-0.2, -0.15) is 8.78 Å². The molecule has 4 unspecified atom stereocenters. The second kappa shape index (κ2) is 4.54. The van der Waals surface area contributed by atoms with Crippen molar-refractivity contribution in [2.45, 2.75) is 24.7 Å². The van der Waals surface area contributed by atoms with E-state index in [1.807, 2.05) is 0 Å². The van der Waals surface area contributed by atoms with Crippen molar-refractivity contribution < 1.29 is 27.2 Å². The summed E-state index contributed by atoms with van der Waals surface area (Å²) in [4.78, 5) is 25.7. The predicted molar refractivity (Wildman–Crippen MR) is 78.8 cm³/mol. The Kier molecular flexibility index (Phi) is 2.80. The van der Waals surface area contributed by atoms with Crippen LogP contribution in [0.5, 0.6) is 0 Å². The van der Waals surface area contributed by atoms with Gasteiger partial charge in [0.2, 0.25) is 10.3 Å². The van der Waals surface area contributed by atoms with Crippen LogP contribution < -0.4 is 0 Å². The summed E-state index contributed by atoms with van der Waals surface area (Å²) in [6.07, 6.45) is 0.490. The van der Waals surface area contributed by atoms with Gasteiger partial charge in [0.25, 0.3) is 0 Å². The summed E-state index contributed by atoms with van der Waals surface area (Å²) in [5.41, 5.74) is -0.382. The molecule has 0 radical (unpaired) electrons. The number of ketones is 2. The largest absolute Gasteiger partial charge is 0.294 e. The summed E-state index contributed by atoms with van der Waals surface area (Å²) in [6, 6.07) is 0. The number of fused-ring (bicyclic) bond motifs is 6. The molecule has 2 nitrogen and oxygen atoms in total. The smallest absolute Gasteiger partial charge is 0.213 e. The normalized spacial score (nSPS) is 30.3. The second-order valence-electron chi connectivity index (χ2n) is 6.48. The van der Waals surface area contributed by atoms with Gasteiger partial charge in [-0.25, -0.2) is 8.78 Å². The summed E-state index contributed by atoms with van der Waals surface area (Å²) >= 11 is 1.23. The lowest BCUT2D eigenvalue weighted by molar-refractivity contribution is 0.0786. The van der Waals surface area contributed by atoms with Crippen LogP contribution >= 0.6 is 22.7 Å². The number of carbonyl (C=O) groups is 2. The molecule has 0 spiro atoms. The first-order valence-corrected chi connectivity index (χ1v) is 9.07. The van der Waals surface area contributed by atoms with Gasteiger partial charge in [0.15, 0.2) is 23.2 Å². The van der Waals surface area contributed by atoms with Crippen molar-refractivity contribution >= 4 is 34.2 Å². The fourth-order valence-electron chi connectivity index (χ4n) is 4.51. The van der Waals surface area contributed by atoms with E-state index < -0.39 is 57.1 Å². The van der Waals surface area contributed by atoms with Crippen LogP contribution in [0.25, 0.3) is 0 Å². The molecule has 0 aliphatic heterocycles. The van der Waals surface area contributed by atoms with E-state index in [2.05, 4.69) is 0 Å². The van der Waals surface area contributed by atoms with Gasteiger partial charge in [-0.3, -0.25) is 9.59 Å². The van der Waals surface area contributed by atoms with Crippen LogP contribution in [0.3, 0.4) is 0 Å². The average molecular weight is 372 g/mol. The number of rotatable bonds is 0. The van der Waals surface area contributed by atoms with Gasteiger partial charge >= 0.3 is 0 Å². The lowest BCUT2D eigenvalue weighted by Crippen LogP contribution is -2.30. The number of thiophene rings is 2. The zero-order valence-corrected chi connectivity index (χ0v) is 13.5. The van der Waals surface area contributed by atoms with E-state index in [-0.39, 0.29) is 24.0 Å². The number of Topliss-reactive ketones (excluding diaryl/α,β-unsaturated/α-hetero) is 2. The minimum atomic E-state index is -1.11. The summed E-state index contributed by atoms with van der Waals surface area (Å²) in [5.74, 6) is -5.05. The average Bonchev–Trinajstić information content (AvgIpc) is 3.19. The molecule has 4 atom stereocenters. The molecule has 5 rings (SSSR count). The summed E-state index contributed by atoms with van der Waals surface area (Å²) in [5, 5.41) is -2.03. The Hall–Kier alpha value is -1.54. The standard InChI is InChI=1S/C16H8F4O2S2/c17-9-7-11(21)3-1-5-4(2-6(3)14(7)24-16(9)20)12(22)8-10(18)15(19)23-13(5)8/h3-6H,1-2H2. The molecule has 24 heavy (non-hydrogen) atoms. The Balaban J connectivity index is 1.60. The number of hydrogen-bond donors (Lipinski definition) is 0. The van der Waals surface area contributed by atoms with Gasteiger partial charge in [0, 0.05) is 33.4 Å². The first kappa shape index (κ1) is 14.8. The van der Waals surface area contributed by atoms with Crippen LogP contribution in [0.15, 0.2) is 0 Å². The van der Waals surface area contributed by atoms with Crippen LogP contribution in [-0.2, 0) is 0 Å². The molecule has 3 aliphatic carbocycles. The summed E-state index contributed by atoms with van der Waals surface area (Å²) < 4.78 is 54.7. The van der Waals surface area contributed by atoms with Crippen molar-refractivity contribution in [1.29, 1.82) is 0 Å². The number of hydrogen-bond acceptors (Lipinski definition) is 4. The van der Waals surface area contributed by atoms with E-state index >= 15 is 0 Å². The molecule has 0 N–H and O–H groups in total. The molecule has 124 valence electrons. The Morgan fingerprint density at radius 1 is 0.667 bits per heavy atom. The first-order valence-electron chi connectivity index (χ1n) is 7.44. The molecular formula is C16H8F4O2S2. The van der Waals surface area contributed by atoms with Crippen LogP contribution in [0.4, 0.5) is 17.6 Å². The third-order valence-corrected chi connectivity index (χ3v) is 7.67. The van der Waals surface area contributed by atoms with Crippen molar-refractivity contribution in [3.05, 3.63) is 42.8 Å². The maximum absolute atomic E-state index is 13.9. The van der Waals surface area contributed by atoms with Crippen LogP contribution in [-0.4, -0.2) is 11.6 Å². The molecule has 3 aliphatic rings. The van der Waals surface area contributed by atoms with Gasteiger partial charge in [-0.15, -0.1) is 22.7 Å². The lowest BCUT2D eigenvalue weighted by Gasteiger charge is -2.33. The van der Waals surface area contributed by atoms with E-state index in [0.29, 0.717) is 32.4 Å². The Bertz CT molecular complexity index is 868. The third-order valence-electron chi connectivity index (χ3n) is 5.50. The molecule has 1 saturated carbocycles. The molecule has 2 heterocycles. The quantitative estimate of drug-likeness (QED) is 0.631. The van der Waals surface area contributed by atoms with Gasteiger partial charge < -0.3 is 0 Å². The monoisotopic (exact) mass is 372 g/mol. The highest BCUT2D eigenvalue weighted by atomic mass is 32.1. The molecule has 2 aromatic rings. The molecule has 8 heteroatoms. The zero-order chi connectivity index (χ0) is 16.9. The maximum atomic E-state index is 13.9. The summed E-state index contributed by atoms with van der Waals surface area (Å²) in [6.45, 7) is 0. The van der Waals surface area contributed by atoms with E-state index in [1.165, 1.54) is 0 Å². The summed E-state index contributed by atoms with van der Waals surface area (Å²) in [7, 11) is 0. The highest BCUT2D eigenvalue weighted by Crippen LogP contribution is 2.59. The highest BCUT2D eigenvalue weighted by Gasteiger charge is 2.55. The van der Waals surface area contributed by atoms with E-state index in [1.54, 1.807) is 0 Å². The SMILES string of the molecule is O=C1c2c(sc(F)c2F)C2CC3C(=O)c4c(sc(F)c4F)C3CC12. The molecule has 2 aromatic heterocycles. The van der Waals surface area contributed by atoms with E-state index in [0.717, 1.165) is 0 Å². The fourth-order valence-corrected chi connectivity index (χ4v) is 6.69. The van der Waals surface area contributed by atoms with Crippen molar-refractivity contribution in [3.8, 4) is 0 Å². The van der Waals surface area contributed by atoms with E-state index in [4.69, 9.17) is 0 Å². The second-order valence-corrected chi connectivity index (χ2v) is 8.49. The minimum Gasteiger partial charge on any atom is -0.294 e. The molecule has 0 amide bonds. The molecule has 0 saturated heterocycles. The molecular weight excluding hydrogens is 364 g/mol. The van der Waals surface area contributed by atoms with Crippen molar-refractivity contribution in [3.63, 3.8) is 0 Å². The number of carbonyl (C=O) groups excluding carboxylic acids is 2. The molecule has 1 fully saturated rings. The van der Waals surface area contributed by atoms with Crippen LogP contribution in [0, 0.1) is 33.7 Å². The van der Waals surface area contributed by atoms with Gasteiger partial charge in [0.05, 0.1) is 11.1 Å². The van der Waals surface area contributed by atoms with E-state index in [9.17, 15) is 27.2 Å². The van der Waals surface area contributed by atoms with Gasteiger partial charge in [-0.05, 0) is 12.8 Å². The highest BCUT2D eigenvalue weighted by molar-refractivity contribution is 7.11. The topological polar surface area (TPSA) is 34.1 Å². The third kappa shape index (κ3) is 1.56. The number of halogens is 4. The van der Waals surface area contributed by atoms with Crippen molar-refractivity contribution in [1.82, 2.24) is 0 Å². The maximum Gasteiger partial charge on any atom is 0.213 e. The Labute approximate surface area is 141 Å². The fraction of sp³-hybridized carbons (Fsp3) is 0.375. The first-order chi connectivity index (χ1) is 11.4. The van der Waals surface area contributed by atoms with Gasteiger partial charge in [-0.1, -0.05) is 0 Å². The zero-order valence-electron chi connectivity index (χ0n) is 11.9. The predicted octanol–water partition coefficient (Wildman–Crippen LogP) is 4.65. The molecule has 0 aromatic carbocycles. The van der Waals surface area contributed by atoms with Crippen molar-refractivity contribution in [2.24, 2.45) is 11.8 Å². The van der Waals surface area contributed by atoms with Crippen LogP contribution in [0.2, 0.25) is 0 Å². The Morgan fingerprint density at radius 3 is 1.42 bits per heavy atom. The Morgan fingerprint density at radius 2 is 1.04 bits per heavy atom. The van der Waals surface area contributed by atoms with Crippen molar-refractivity contribution in [2.75, 3.05) is 0 Å². The molecule has 0 bridgehead atoms. The minimum absolute atomic E-state index is 0.191. The van der Waals surface area contributed by atoms with Gasteiger partial charge in [0.1, 0.15) is 0 Å². The van der Waals surface area contributed by atoms with Crippen LogP contribution in [0.1, 0.15) is 55.1 Å². The lowest BCUT2D eigenvalue weighted by atomic mass is 9.70.